The van der Waals surface area contributed by atoms with Gasteiger partial charge in [0.25, 0.3) is 0 Å². The zero-order valence-corrected chi connectivity index (χ0v) is 9.66. The zero-order chi connectivity index (χ0) is 9.14. The molecule has 0 bridgehead atoms. The highest BCUT2D eigenvalue weighted by Gasteiger charge is 2.30. The summed E-state index contributed by atoms with van der Waals surface area (Å²) >= 11 is 2.00. The van der Waals surface area contributed by atoms with Crippen molar-refractivity contribution >= 4 is 11.8 Å². The number of hydrogen-bond donors (Lipinski definition) is 0. The Morgan fingerprint density at radius 1 is 1.25 bits per heavy atom. The molecular weight excluding hydrogens is 164 g/mol. The first-order valence-electron chi connectivity index (χ1n) is 5.14. The summed E-state index contributed by atoms with van der Waals surface area (Å²) in [7, 11) is 0. The quantitative estimate of drug-likeness (QED) is 0.648. The Bertz CT molecular complexity index is 123. The summed E-state index contributed by atoms with van der Waals surface area (Å²) < 4.78 is 0. The molecule has 1 heteroatoms. The van der Waals surface area contributed by atoms with Crippen molar-refractivity contribution in [2.24, 2.45) is 23.7 Å². The second-order valence-electron chi connectivity index (χ2n) is 4.62. The highest BCUT2D eigenvalue weighted by molar-refractivity contribution is 7.98. The fourth-order valence-electron chi connectivity index (χ4n) is 2.38. The first-order valence-corrected chi connectivity index (χ1v) is 6.53. The highest BCUT2D eigenvalue weighted by Crippen LogP contribution is 2.40. The van der Waals surface area contributed by atoms with E-state index in [4.69, 9.17) is 0 Å². The molecule has 12 heavy (non-hydrogen) atoms. The number of hydrogen-bond acceptors (Lipinski definition) is 1. The molecule has 0 spiro atoms. The summed E-state index contributed by atoms with van der Waals surface area (Å²) in [4.78, 5) is 0. The minimum Gasteiger partial charge on any atom is -0.165 e. The maximum Gasteiger partial charge on any atom is -0.00419 e. The lowest BCUT2D eigenvalue weighted by molar-refractivity contribution is 0.387. The summed E-state index contributed by atoms with van der Waals surface area (Å²) in [6.07, 6.45) is 5.17. The molecule has 0 aromatic rings. The van der Waals surface area contributed by atoms with Crippen molar-refractivity contribution in [1.29, 1.82) is 0 Å². The van der Waals surface area contributed by atoms with E-state index < -0.39 is 0 Å². The lowest BCUT2D eigenvalue weighted by Gasteiger charge is -2.17. The van der Waals surface area contributed by atoms with Crippen molar-refractivity contribution in [2.45, 2.75) is 33.6 Å². The molecule has 0 heterocycles. The van der Waals surface area contributed by atoms with Gasteiger partial charge in [0.15, 0.2) is 0 Å². The predicted octanol–water partition coefficient (Wildman–Crippen LogP) is 3.67. The normalized spacial score (nSPS) is 38.5. The van der Waals surface area contributed by atoms with Crippen LogP contribution in [0.3, 0.4) is 0 Å². The summed E-state index contributed by atoms with van der Waals surface area (Å²) in [6, 6.07) is 0. The maximum atomic E-state index is 2.42. The lowest BCUT2D eigenvalue weighted by Crippen LogP contribution is -2.10. The van der Waals surface area contributed by atoms with E-state index in [0.29, 0.717) is 0 Å². The Kier molecular flexibility index (Phi) is 3.95. The molecule has 1 aliphatic rings. The second-order valence-corrected chi connectivity index (χ2v) is 5.53. The first-order chi connectivity index (χ1) is 5.65. The Balaban J connectivity index is 2.35. The van der Waals surface area contributed by atoms with Crippen LogP contribution in [0, 0.1) is 23.7 Å². The Hall–Kier alpha value is 0.350. The Morgan fingerprint density at radius 2 is 1.75 bits per heavy atom. The van der Waals surface area contributed by atoms with Crippen LogP contribution in [0.5, 0.6) is 0 Å². The predicted molar refractivity (Wildman–Crippen MR) is 58.6 cm³/mol. The van der Waals surface area contributed by atoms with Crippen LogP contribution in [0.25, 0.3) is 0 Å². The van der Waals surface area contributed by atoms with Crippen LogP contribution >= 0.6 is 11.8 Å². The van der Waals surface area contributed by atoms with Gasteiger partial charge in [-0.2, -0.15) is 11.8 Å². The Morgan fingerprint density at radius 3 is 2.17 bits per heavy atom. The van der Waals surface area contributed by atoms with E-state index in [1.807, 2.05) is 11.8 Å². The van der Waals surface area contributed by atoms with Crippen LogP contribution in [0.1, 0.15) is 33.6 Å². The topological polar surface area (TPSA) is 0 Å². The van der Waals surface area contributed by atoms with Gasteiger partial charge in [0, 0.05) is 0 Å². The van der Waals surface area contributed by atoms with Crippen LogP contribution in [0.2, 0.25) is 0 Å². The molecular formula is C11H22S. The molecule has 1 saturated carbocycles. The van der Waals surface area contributed by atoms with E-state index in [-0.39, 0.29) is 0 Å². The van der Waals surface area contributed by atoms with Crippen molar-refractivity contribution in [3.63, 3.8) is 0 Å². The lowest BCUT2D eigenvalue weighted by atomic mass is 9.93. The van der Waals surface area contributed by atoms with Crippen molar-refractivity contribution in [1.82, 2.24) is 0 Å². The van der Waals surface area contributed by atoms with Gasteiger partial charge in [0.2, 0.25) is 0 Å². The Labute approximate surface area is 81.5 Å². The van der Waals surface area contributed by atoms with Gasteiger partial charge in [-0.25, -0.2) is 0 Å². The smallest absolute Gasteiger partial charge is 0.00419 e. The average Bonchev–Trinajstić information content (AvgIpc) is 2.33. The van der Waals surface area contributed by atoms with E-state index in [2.05, 4.69) is 27.0 Å². The summed E-state index contributed by atoms with van der Waals surface area (Å²) in [5.41, 5.74) is 0. The fraction of sp³-hybridized carbons (Fsp3) is 1.00. The standard InChI is InChI=1S/C11H22S/c1-8-5-11(6-9(8)2)10(3)7-12-4/h8-11H,5-7H2,1-4H3. The summed E-state index contributed by atoms with van der Waals surface area (Å²) in [5, 5.41) is 0. The van der Waals surface area contributed by atoms with E-state index in [9.17, 15) is 0 Å². The molecule has 3 unspecified atom stereocenters. The third-order valence-electron chi connectivity index (χ3n) is 3.55. The van der Waals surface area contributed by atoms with Crippen molar-refractivity contribution in [3.05, 3.63) is 0 Å². The van der Waals surface area contributed by atoms with Gasteiger partial charge in [-0.05, 0) is 48.5 Å². The van der Waals surface area contributed by atoms with Crippen LogP contribution in [0.15, 0.2) is 0 Å². The van der Waals surface area contributed by atoms with Crippen molar-refractivity contribution in [2.75, 3.05) is 12.0 Å². The van der Waals surface area contributed by atoms with Gasteiger partial charge in [0.05, 0.1) is 0 Å². The molecule has 0 N–H and O–H groups in total. The monoisotopic (exact) mass is 186 g/mol. The van der Waals surface area contributed by atoms with Gasteiger partial charge in [-0.15, -0.1) is 0 Å². The maximum absolute atomic E-state index is 2.42. The van der Waals surface area contributed by atoms with Gasteiger partial charge in [-0.1, -0.05) is 20.8 Å². The summed E-state index contributed by atoms with van der Waals surface area (Å²) in [6.45, 7) is 7.25. The highest BCUT2D eigenvalue weighted by atomic mass is 32.2. The molecule has 0 saturated heterocycles. The third kappa shape index (κ3) is 2.42. The number of thioether (sulfide) groups is 1. The largest absolute Gasteiger partial charge is 0.165 e. The summed E-state index contributed by atoms with van der Waals surface area (Å²) in [5.74, 6) is 5.25. The molecule has 0 nitrogen and oxygen atoms in total. The molecule has 0 amide bonds. The van der Waals surface area contributed by atoms with Crippen LogP contribution in [0.4, 0.5) is 0 Å². The van der Waals surface area contributed by atoms with Crippen LogP contribution in [-0.2, 0) is 0 Å². The van der Waals surface area contributed by atoms with Gasteiger partial charge < -0.3 is 0 Å². The molecule has 1 fully saturated rings. The van der Waals surface area contributed by atoms with Gasteiger partial charge in [0.1, 0.15) is 0 Å². The number of rotatable bonds is 3. The van der Waals surface area contributed by atoms with E-state index in [0.717, 1.165) is 23.7 Å². The molecule has 72 valence electrons. The van der Waals surface area contributed by atoms with E-state index in [1.165, 1.54) is 18.6 Å². The molecule has 3 atom stereocenters. The molecule has 0 aromatic carbocycles. The third-order valence-corrected chi connectivity index (χ3v) is 4.41. The van der Waals surface area contributed by atoms with Crippen molar-refractivity contribution in [3.8, 4) is 0 Å². The molecule has 1 rings (SSSR count). The van der Waals surface area contributed by atoms with E-state index >= 15 is 0 Å². The fourth-order valence-corrected chi connectivity index (χ4v) is 3.18. The molecule has 1 aliphatic carbocycles. The van der Waals surface area contributed by atoms with Crippen LogP contribution in [-0.4, -0.2) is 12.0 Å². The minimum absolute atomic E-state index is 0.937. The SMILES string of the molecule is CSCC(C)C1CC(C)C(C)C1. The van der Waals surface area contributed by atoms with E-state index in [1.54, 1.807) is 0 Å². The van der Waals surface area contributed by atoms with Gasteiger partial charge >= 0.3 is 0 Å². The molecule has 0 aromatic heterocycles. The second kappa shape index (κ2) is 4.55. The van der Waals surface area contributed by atoms with Crippen molar-refractivity contribution < 1.29 is 0 Å². The average molecular weight is 186 g/mol. The minimum atomic E-state index is 0.937. The van der Waals surface area contributed by atoms with Crippen LogP contribution < -0.4 is 0 Å². The zero-order valence-electron chi connectivity index (χ0n) is 8.84. The van der Waals surface area contributed by atoms with Gasteiger partial charge in [-0.3, -0.25) is 0 Å². The molecule has 0 aliphatic heterocycles. The first kappa shape index (κ1) is 10.4. The molecule has 0 radical (unpaired) electrons.